The van der Waals surface area contributed by atoms with Crippen molar-refractivity contribution in [2.45, 2.75) is 52.7 Å². The van der Waals surface area contributed by atoms with Crippen LogP contribution in [0.1, 0.15) is 45.7 Å². The molecule has 2 bridgehead atoms. The summed E-state index contributed by atoms with van der Waals surface area (Å²) in [7, 11) is 0. The second-order valence-electron chi connectivity index (χ2n) is 6.78. The van der Waals surface area contributed by atoms with E-state index in [1.807, 2.05) is 12.1 Å². The molecule has 1 aromatic rings. The number of rotatable bonds is 3. The smallest absolute Gasteiger partial charge is 0.233 e. The lowest BCUT2D eigenvalue weighted by molar-refractivity contribution is 0.0267. The number of hydrogen-bond donors (Lipinski definition) is 1. The quantitative estimate of drug-likeness (QED) is 0.908. The Morgan fingerprint density at radius 1 is 1.32 bits per heavy atom. The maximum Gasteiger partial charge on any atom is 0.233 e. The highest BCUT2D eigenvalue weighted by Gasteiger charge is 2.62. The average Bonchev–Trinajstić information content (AvgIpc) is 2.73. The lowest BCUT2D eigenvalue weighted by Gasteiger charge is -2.38. The van der Waals surface area contributed by atoms with Gasteiger partial charge in [0.05, 0.1) is 5.69 Å². The first-order valence-corrected chi connectivity index (χ1v) is 7.17. The molecule has 3 rings (SSSR count). The number of fused-ring (bicyclic) bond motifs is 2. The molecule has 2 saturated carbocycles. The zero-order valence-corrected chi connectivity index (χ0v) is 12.0. The zero-order chi connectivity index (χ0) is 13.7. The van der Waals surface area contributed by atoms with Gasteiger partial charge in [-0.3, -0.25) is 0 Å². The van der Waals surface area contributed by atoms with Crippen LogP contribution in [0.3, 0.4) is 0 Å². The van der Waals surface area contributed by atoms with E-state index in [2.05, 4.69) is 31.0 Å². The molecule has 0 aromatic carbocycles. The number of nitrogens with two attached hydrogens (primary N) is 1. The Hall–Kier alpha value is -1.16. The number of aromatic nitrogens is 2. The van der Waals surface area contributed by atoms with E-state index in [4.69, 9.17) is 10.5 Å². The van der Waals surface area contributed by atoms with Gasteiger partial charge in [0.2, 0.25) is 5.88 Å². The van der Waals surface area contributed by atoms with Crippen molar-refractivity contribution in [3.8, 4) is 5.88 Å². The van der Waals surface area contributed by atoms with Gasteiger partial charge in [-0.05, 0) is 36.7 Å². The predicted molar refractivity (Wildman–Crippen MR) is 73.6 cm³/mol. The second kappa shape index (κ2) is 4.17. The molecule has 4 nitrogen and oxygen atoms in total. The van der Waals surface area contributed by atoms with Crippen molar-refractivity contribution in [3.63, 3.8) is 0 Å². The Morgan fingerprint density at radius 3 is 2.58 bits per heavy atom. The van der Waals surface area contributed by atoms with Gasteiger partial charge in [-0.15, -0.1) is 5.10 Å². The van der Waals surface area contributed by atoms with Gasteiger partial charge in [0.15, 0.2) is 0 Å². The minimum absolute atomic E-state index is 0.256. The van der Waals surface area contributed by atoms with E-state index in [9.17, 15) is 0 Å². The van der Waals surface area contributed by atoms with Crippen molar-refractivity contribution in [1.82, 2.24) is 10.2 Å². The van der Waals surface area contributed by atoms with Crippen molar-refractivity contribution >= 4 is 0 Å². The Balaban J connectivity index is 1.78. The fourth-order valence-corrected chi connectivity index (χ4v) is 3.97. The van der Waals surface area contributed by atoms with E-state index in [0.29, 0.717) is 17.8 Å². The first kappa shape index (κ1) is 12.9. The highest BCUT2D eigenvalue weighted by atomic mass is 16.5. The summed E-state index contributed by atoms with van der Waals surface area (Å²) >= 11 is 0. The van der Waals surface area contributed by atoms with Crippen LogP contribution in [0.5, 0.6) is 5.88 Å². The maximum absolute atomic E-state index is 6.13. The van der Waals surface area contributed by atoms with Gasteiger partial charge in [-0.2, -0.15) is 5.10 Å². The fourth-order valence-electron chi connectivity index (χ4n) is 3.97. The number of ether oxygens (including phenoxy) is 1. The molecule has 2 aliphatic rings. The van der Waals surface area contributed by atoms with Crippen LogP contribution >= 0.6 is 0 Å². The first-order valence-electron chi connectivity index (χ1n) is 7.17. The van der Waals surface area contributed by atoms with Crippen LogP contribution in [0.25, 0.3) is 0 Å². The van der Waals surface area contributed by atoms with Gasteiger partial charge in [-0.25, -0.2) is 0 Å². The van der Waals surface area contributed by atoms with Crippen LogP contribution in [-0.2, 0) is 6.54 Å². The molecule has 0 radical (unpaired) electrons. The number of nitrogens with zero attached hydrogens (tertiary/aromatic N) is 2. The Bertz CT molecular complexity index is 471. The van der Waals surface area contributed by atoms with Gasteiger partial charge in [0, 0.05) is 18.0 Å². The van der Waals surface area contributed by atoms with Crippen LogP contribution in [0.2, 0.25) is 0 Å². The SMILES string of the molecule is CC1(C)C2CCC1(C)C(Oc1ccc(CN)nn1)C2. The Morgan fingerprint density at radius 2 is 2.11 bits per heavy atom. The molecule has 0 saturated heterocycles. The number of hydrogen-bond acceptors (Lipinski definition) is 4. The zero-order valence-electron chi connectivity index (χ0n) is 12.0. The highest BCUT2D eigenvalue weighted by Crippen LogP contribution is 2.66. The normalized spacial score (nSPS) is 35.6. The van der Waals surface area contributed by atoms with Crippen molar-refractivity contribution in [2.24, 2.45) is 22.5 Å². The van der Waals surface area contributed by atoms with Crippen LogP contribution in [0.15, 0.2) is 12.1 Å². The van der Waals surface area contributed by atoms with Crippen LogP contribution in [0, 0.1) is 16.7 Å². The molecule has 104 valence electrons. The summed E-state index contributed by atoms with van der Waals surface area (Å²) < 4.78 is 6.13. The largest absolute Gasteiger partial charge is 0.473 e. The van der Waals surface area contributed by atoms with Crippen molar-refractivity contribution in [2.75, 3.05) is 0 Å². The molecule has 2 aliphatic carbocycles. The summed E-state index contributed by atoms with van der Waals surface area (Å²) in [6, 6.07) is 3.78. The summed E-state index contributed by atoms with van der Waals surface area (Å²) in [5, 5.41) is 8.18. The monoisotopic (exact) mass is 261 g/mol. The lowest BCUT2D eigenvalue weighted by Crippen LogP contribution is -2.39. The van der Waals surface area contributed by atoms with Gasteiger partial charge < -0.3 is 10.5 Å². The minimum atomic E-state index is 0.256. The van der Waals surface area contributed by atoms with E-state index < -0.39 is 0 Å². The first-order chi connectivity index (χ1) is 8.97. The molecule has 19 heavy (non-hydrogen) atoms. The van der Waals surface area contributed by atoms with Gasteiger partial charge in [0.1, 0.15) is 6.10 Å². The van der Waals surface area contributed by atoms with E-state index in [1.165, 1.54) is 12.8 Å². The average molecular weight is 261 g/mol. The summed E-state index contributed by atoms with van der Waals surface area (Å²) in [5.74, 6) is 1.41. The molecular formula is C15H23N3O. The predicted octanol–water partition coefficient (Wildman–Crippen LogP) is 2.53. The Labute approximate surface area is 114 Å². The summed E-state index contributed by atoms with van der Waals surface area (Å²) in [6.07, 6.45) is 3.99. The standard InChI is InChI=1S/C15H23N3O/c1-14(2)10-6-7-15(14,3)12(8-10)19-13-5-4-11(9-16)17-18-13/h4-5,10,12H,6-9,16H2,1-3H3. The van der Waals surface area contributed by atoms with Crippen LogP contribution < -0.4 is 10.5 Å². The van der Waals surface area contributed by atoms with Crippen LogP contribution in [-0.4, -0.2) is 16.3 Å². The molecule has 0 spiro atoms. The molecule has 4 heteroatoms. The molecule has 2 N–H and O–H groups in total. The van der Waals surface area contributed by atoms with Crippen molar-refractivity contribution in [1.29, 1.82) is 0 Å². The second-order valence-corrected chi connectivity index (χ2v) is 6.78. The van der Waals surface area contributed by atoms with Crippen molar-refractivity contribution in [3.05, 3.63) is 17.8 Å². The molecule has 2 fully saturated rings. The van der Waals surface area contributed by atoms with Gasteiger partial charge in [-0.1, -0.05) is 20.8 Å². The van der Waals surface area contributed by atoms with E-state index in [1.54, 1.807) is 0 Å². The molecular weight excluding hydrogens is 238 g/mol. The van der Waals surface area contributed by atoms with Gasteiger partial charge >= 0.3 is 0 Å². The highest BCUT2D eigenvalue weighted by molar-refractivity contribution is 5.16. The van der Waals surface area contributed by atoms with E-state index >= 15 is 0 Å². The minimum Gasteiger partial charge on any atom is -0.473 e. The van der Waals surface area contributed by atoms with E-state index in [0.717, 1.165) is 18.0 Å². The summed E-state index contributed by atoms with van der Waals surface area (Å²) in [4.78, 5) is 0. The molecule has 1 heterocycles. The van der Waals surface area contributed by atoms with E-state index in [-0.39, 0.29) is 11.5 Å². The van der Waals surface area contributed by atoms with Crippen molar-refractivity contribution < 1.29 is 4.74 Å². The lowest BCUT2D eigenvalue weighted by atomic mass is 9.70. The molecule has 3 atom stereocenters. The molecule has 0 amide bonds. The Kier molecular flexibility index (Phi) is 2.82. The molecule has 0 aliphatic heterocycles. The topological polar surface area (TPSA) is 61.0 Å². The molecule has 1 aromatic heterocycles. The fraction of sp³-hybridized carbons (Fsp3) is 0.733. The maximum atomic E-state index is 6.13. The summed E-state index contributed by atoms with van der Waals surface area (Å²) in [5.41, 5.74) is 6.94. The third kappa shape index (κ3) is 1.76. The summed E-state index contributed by atoms with van der Waals surface area (Å²) in [6.45, 7) is 7.56. The third-order valence-corrected chi connectivity index (χ3v) is 5.88. The molecule has 3 unspecified atom stereocenters. The van der Waals surface area contributed by atoms with Gasteiger partial charge in [0.25, 0.3) is 0 Å². The van der Waals surface area contributed by atoms with Crippen LogP contribution in [0.4, 0.5) is 0 Å². The third-order valence-electron chi connectivity index (χ3n) is 5.88.